The highest BCUT2D eigenvalue weighted by atomic mass is 16.5. The van der Waals surface area contributed by atoms with Crippen molar-refractivity contribution in [2.75, 3.05) is 13.2 Å². The maximum Gasteiger partial charge on any atom is 0.0669 e. The molecule has 1 aromatic heterocycles. The van der Waals surface area contributed by atoms with Crippen molar-refractivity contribution in [3.8, 4) is 6.07 Å². The second kappa shape index (κ2) is 4.23. The van der Waals surface area contributed by atoms with Crippen LogP contribution in [-0.4, -0.2) is 18.2 Å². The zero-order chi connectivity index (χ0) is 11.6. The summed E-state index contributed by atoms with van der Waals surface area (Å²) in [5.74, 6) is 0.339. The summed E-state index contributed by atoms with van der Waals surface area (Å²) in [4.78, 5) is 4.02. The van der Waals surface area contributed by atoms with Crippen molar-refractivity contribution in [2.24, 2.45) is 11.8 Å². The summed E-state index contributed by atoms with van der Waals surface area (Å²) in [6, 6.07) is 6.43. The van der Waals surface area contributed by atoms with E-state index in [4.69, 9.17) is 4.74 Å². The molecule has 2 heterocycles. The molecule has 1 aromatic rings. The van der Waals surface area contributed by atoms with E-state index in [1.54, 1.807) is 12.4 Å². The van der Waals surface area contributed by atoms with Crippen LogP contribution in [0.5, 0.6) is 0 Å². The normalized spacial score (nSPS) is 19.9. The van der Waals surface area contributed by atoms with Crippen LogP contribution in [-0.2, 0) is 10.2 Å². The van der Waals surface area contributed by atoms with Gasteiger partial charge < -0.3 is 4.74 Å². The Hall–Kier alpha value is -1.40. The van der Waals surface area contributed by atoms with Gasteiger partial charge in [0.1, 0.15) is 0 Å². The van der Waals surface area contributed by atoms with Crippen molar-refractivity contribution in [1.82, 2.24) is 4.98 Å². The molecule has 84 valence electrons. The summed E-state index contributed by atoms with van der Waals surface area (Å²) in [6.07, 6.45) is 3.56. The van der Waals surface area contributed by atoms with Gasteiger partial charge in [-0.3, -0.25) is 4.98 Å². The average molecular weight is 216 g/mol. The van der Waals surface area contributed by atoms with Crippen LogP contribution >= 0.6 is 0 Å². The minimum Gasteiger partial charge on any atom is -0.379 e. The number of ether oxygens (including phenoxy) is 1. The SMILES string of the molecule is CC(C)C(C#N)C1(c2ccncc2)COC1. The zero-order valence-corrected chi connectivity index (χ0v) is 9.68. The van der Waals surface area contributed by atoms with E-state index in [-0.39, 0.29) is 11.3 Å². The molecule has 0 spiro atoms. The molecular weight excluding hydrogens is 200 g/mol. The van der Waals surface area contributed by atoms with Gasteiger partial charge in [-0.1, -0.05) is 13.8 Å². The van der Waals surface area contributed by atoms with Gasteiger partial charge in [-0.2, -0.15) is 5.26 Å². The lowest BCUT2D eigenvalue weighted by Crippen LogP contribution is -2.53. The smallest absolute Gasteiger partial charge is 0.0669 e. The van der Waals surface area contributed by atoms with Gasteiger partial charge >= 0.3 is 0 Å². The van der Waals surface area contributed by atoms with E-state index in [1.165, 1.54) is 5.56 Å². The van der Waals surface area contributed by atoms with E-state index in [0.717, 1.165) is 0 Å². The molecule has 1 atom stereocenters. The van der Waals surface area contributed by atoms with E-state index in [9.17, 15) is 5.26 Å². The molecule has 0 aliphatic carbocycles. The summed E-state index contributed by atoms with van der Waals surface area (Å²) >= 11 is 0. The summed E-state index contributed by atoms with van der Waals surface area (Å²) < 4.78 is 5.35. The first-order valence-electron chi connectivity index (χ1n) is 5.58. The van der Waals surface area contributed by atoms with Gasteiger partial charge in [0.2, 0.25) is 0 Å². The van der Waals surface area contributed by atoms with E-state index in [1.807, 2.05) is 12.1 Å². The van der Waals surface area contributed by atoms with E-state index in [2.05, 4.69) is 24.9 Å². The van der Waals surface area contributed by atoms with E-state index in [0.29, 0.717) is 19.1 Å². The fourth-order valence-corrected chi connectivity index (χ4v) is 2.44. The van der Waals surface area contributed by atoms with Crippen LogP contribution in [0.1, 0.15) is 19.4 Å². The number of rotatable bonds is 3. The highest BCUT2D eigenvalue weighted by molar-refractivity contribution is 5.30. The Balaban J connectivity index is 2.37. The Morgan fingerprint density at radius 2 is 2.00 bits per heavy atom. The van der Waals surface area contributed by atoms with Gasteiger partial charge in [-0.15, -0.1) is 0 Å². The third-order valence-electron chi connectivity index (χ3n) is 3.38. The van der Waals surface area contributed by atoms with Gasteiger partial charge in [0.25, 0.3) is 0 Å². The Bertz CT molecular complexity index is 390. The second-order valence-corrected chi connectivity index (χ2v) is 4.74. The predicted molar refractivity (Wildman–Crippen MR) is 60.7 cm³/mol. The lowest BCUT2D eigenvalue weighted by atomic mass is 9.65. The van der Waals surface area contributed by atoms with Crippen LogP contribution in [0, 0.1) is 23.2 Å². The van der Waals surface area contributed by atoms with Crippen LogP contribution in [0.3, 0.4) is 0 Å². The fourth-order valence-electron chi connectivity index (χ4n) is 2.44. The third kappa shape index (κ3) is 1.60. The Morgan fingerprint density at radius 3 is 2.38 bits per heavy atom. The molecule has 0 bridgehead atoms. The minimum atomic E-state index is -0.119. The number of nitrogens with zero attached hydrogens (tertiary/aromatic N) is 2. The summed E-state index contributed by atoms with van der Waals surface area (Å²) in [5.41, 5.74) is 1.06. The molecule has 3 heteroatoms. The predicted octanol–water partition coefficient (Wildman–Crippen LogP) is 2.15. The largest absolute Gasteiger partial charge is 0.379 e. The van der Waals surface area contributed by atoms with Crippen molar-refractivity contribution in [2.45, 2.75) is 19.3 Å². The lowest BCUT2D eigenvalue weighted by Gasteiger charge is -2.46. The molecular formula is C13H16N2O. The summed E-state index contributed by atoms with van der Waals surface area (Å²) in [5, 5.41) is 9.34. The summed E-state index contributed by atoms with van der Waals surface area (Å²) in [6.45, 7) is 5.48. The molecule has 0 saturated carbocycles. The highest BCUT2D eigenvalue weighted by Gasteiger charge is 2.48. The first kappa shape index (κ1) is 11.1. The number of hydrogen-bond donors (Lipinski definition) is 0. The van der Waals surface area contributed by atoms with Crippen LogP contribution in [0.25, 0.3) is 0 Å². The van der Waals surface area contributed by atoms with Crippen molar-refractivity contribution in [3.63, 3.8) is 0 Å². The monoisotopic (exact) mass is 216 g/mol. The molecule has 1 saturated heterocycles. The molecule has 0 radical (unpaired) electrons. The standard InChI is InChI=1S/C13H16N2O/c1-10(2)12(7-14)13(8-16-9-13)11-3-5-15-6-4-11/h3-6,10,12H,8-9H2,1-2H3. The van der Waals surface area contributed by atoms with E-state index < -0.39 is 0 Å². The molecule has 3 nitrogen and oxygen atoms in total. The quantitative estimate of drug-likeness (QED) is 0.777. The van der Waals surface area contributed by atoms with Crippen LogP contribution < -0.4 is 0 Å². The average Bonchev–Trinajstić information content (AvgIpc) is 2.23. The molecule has 1 aliphatic rings. The van der Waals surface area contributed by atoms with Crippen molar-refractivity contribution < 1.29 is 4.74 Å². The Morgan fingerprint density at radius 1 is 1.38 bits per heavy atom. The molecule has 1 unspecified atom stereocenters. The lowest BCUT2D eigenvalue weighted by molar-refractivity contribution is -0.0877. The first-order valence-corrected chi connectivity index (χ1v) is 5.58. The maximum absolute atomic E-state index is 9.34. The van der Waals surface area contributed by atoms with Gasteiger partial charge in [0.05, 0.1) is 30.6 Å². The number of hydrogen-bond acceptors (Lipinski definition) is 3. The molecule has 0 aromatic carbocycles. The van der Waals surface area contributed by atoms with Crippen LogP contribution in [0.2, 0.25) is 0 Å². The molecule has 2 rings (SSSR count). The van der Waals surface area contributed by atoms with Gasteiger partial charge in [0, 0.05) is 12.4 Å². The van der Waals surface area contributed by atoms with Gasteiger partial charge in [-0.05, 0) is 23.6 Å². The molecule has 1 aliphatic heterocycles. The van der Waals surface area contributed by atoms with E-state index >= 15 is 0 Å². The van der Waals surface area contributed by atoms with Crippen LogP contribution in [0.4, 0.5) is 0 Å². The Labute approximate surface area is 96.1 Å². The zero-order valence-electron chi connectivity index (χ0n) is 9.68. The minimum absolute atomic E-state index is 0.00338. The van der Waals surface area contributed by atoms with Gasteiger partial charge in [-0.25, -0.2) is 0 Å². The second-order valence-electron chi connectivity index (χ2n) is 4.74. The Kier molecular flexibility index (Phi) is 2.93. The molecule has 1 fully saturated rings. The van der Waals surface area contributed by atoms with Crippen molar-refractivity contribution >= 4 is 0 Å². The number of pyridine rings is 1. The topological polar surface area (TPSA) is 45.9 Å². The molecule has 0 N–H and O–H groups in total. The number of nitriles is 1. The van der Waals surface area contributed by atoms with Crippen molar-refractivity contribution in [3.05, 3.63) is 30.1 Å². The third-order valence-corrected chi connectivity index (χ3v) is 3.38. The maximum atomic E-state index is 9.34. The van der Waals surface area contributed by atoms with Gasteiger partial charge in [0.15, 0.2) is 0 Å². The fraction of sp³-hybridized carbons (Fsp3) is 0.538. The highest BCUT2D eigenvalue weighted by Crippen LogP contribution is 2.42. The first-order chi connectivity index (χ1) is 7.70. The van der Waals surface area contributed by atoms with Crippen molar-refractivity contribution in [1.29, 1.82) is 5.26 Å². The summed E-state index contributed by atoms with van der Waals surface area (Å²) in [7, 11) is 0. The van der Waals surface area contributed by atoms with Crippen LogP contribution in [0.15, 0.2) is 24.5 Å². The molecule has 16 heavy (non-hydrogen) atoms. The number of aromatic nitrogens is 1. The molecule has 0 amide bonds.